The van der Waals surface area contributed by atoms with E-state index in [1.807, 2.05) is 20.1 Å². The number of benzene rings is 1. The molecule has 0 bridgehead atoms. The highest BCUT2D eigenvalue weighted by Gasteiger charge is 2.18. The number of phenolic OH excluding ortho intramolecular Hbond substituents is 1. The van der Waals surface area contributed by atoms with Crippen molar-refractivity contribution in [3.05, 3.63) is 28.8 Å². The van der Waals surface area contributed by atoms with Gasteiger partial charge in [0.05, 0.1) is 10.6 Å². The molecule has 0 aliphatic rings. The maximum Gasteiger partial charge on any atom is 0.252 e. The van der Waals surface area contributed by atoms with Crippen molar-refractivity contribution in [2.75, 3.05) is 12.8 Å². The fraction of sp³-hybridized carbons (Fsp3) is 0.417. The number of rotatable bonds is 4. The fourth-order valence-corrected chi connectivity index (χ4v) is 1.57. The van der Waals surface area contributed by atoms with Gasteiger partial charge in [-0.1, -0.05) is 11.6 Å². The van der Waals surface area contributed by atoms with Gasteiger partial charge in [-0.05, 0) is 38.3 Å². The van der Waals surface area contributed by atoms with Gasteiger partial charge in [0, 0.05) is 11.3 Å². The summed E-state index contributed by atoms with van der Waals surface area (Å²) in [6.07, 6.45) is 1.99. The molecule has 1 aromatic rings. The van der Waals surface area contributed by atoms with Crippen LogP contribution >= 0.6 is 23.4 Å². The minimum absolute atomic E-state index is 0.0288. The molecule has 1 rings (SSSR count). The van der Waals surface area contributed by atoms with E-state index in [2.05, 4.69) is 5.32 Å². The van der Waals surface area contributed by atoms with Gasteiger partial charge in [0.1, 0.15) is 5.75 Å². The zero-order chi connectivity index (χ0) is 13.1. The molecule has 17 heavy (non-hydrogen) atoms. The molecule has 5 heteroatoms. The van der Waals surface area contributed by atoms with Crippen molar-refractivity contribution < 1.29 is 9.90 Å². The van der Waals surface area contributed by atoms with Crippen molar-refractivity contribution >= 4 is 29.3 Å². The summed E-state index contributed by atoms with van der Waals surface area (Å²) in [6.45, 7) is 4.63. The van der Waals surface area contributed by atoms with Crippen LogP contribution < -0.4 is 5.32 Å². The average molecular weight is 274 g/mol. The standard InChI is InChI=1S/C12H16ClNO2S/c1-12(2,17-3)7-14-11(16)9-6-8(15)4-5-10(9)13/h4-6,15H,7H2,1-3H3,(H,14,16). The van der Waals surface area contributed by atoms with E-state index in [-0.39, 0.29) is 16.4 Å². The van der Waals surface area contributed by atoms with Crippen LogP contribution in [0.4, 0.5) is 0 Å². The molecule has 0 saturated heterocycles. The number of hydrogen-bond acceptors (Lipinski definition) is 3. The molecule has 0 fully saturated rings. The van der Waals surface area contributed by atoms with Gasteiger partial charge in [-0.2, -0.15) is 11.8 Å². The number of aromatic hydroxyl groups is 1. The largest absolute Gasteiger partial charge is 0.508 e. The van der Waals surface area contributed by atoms with Gasteiger partial charge < -0.3 is 10.4 Å². The Labute approximate surface area is 111 Å². The van der Waals surface area contributed by atoms with Crippen molar-refractivity contribution in [2.24, 2.45) is 0 Å². The Hall–Kier alpha value is -0.870. The normalized spacial score (nSPS) is 11.3. The molecule has 2 N–H and O–H groups in total. The molecule has 1 aromatic carbocycles. The van der Waals surface area contributed by atoms with Crippen LogP contribution in [0.1, 0.15) is 24.2 Å². The lowest BCUT2D eigenvalue weighted by atomic mass is 10.1. The molecule has 94 valence electrons. The van der Waals surface area contributed by atoms with Crippen molar-refractivity contribution in [3.63, 3.8) is 0 Å². The van der Waals surface area contributed by atoms with Crippen LogP contribution in [0.3, 0.4) is 0 Å². The third-order valence-corrected chi connectivity index (χ3v) is 4.00. The highest BCUT2D eigenvalue weighted by molar-refractivity contribution is 7.99. The van der Waals surface area contributed by atoms with Crippen LogP contribution in [0.25, 0.3) is 0 Å². The quantitative estimate of drug-likeness (QED) is 0.887. The molecule has 0 atom stereocenters. The lowest BCUT2D eigenvalue weighted by Crippen LogP contribution is -2.36. The van der Waals surface area contributed by atoms with Crippen LogP contribution in [0.5, 0.6) is 5.75 Å². The number of thioether (sulfide) groups is 1. The molecular formula is C12H16ClNO2S. The predicted octanol–water partition coefficient (Wildman–Crippen LogP) is 2.92. The molecule has 0 heterocycles. The Morgan fingerprint density at radius 1 is 1.53 bits per heavy atom. The highest BCUT2D eigenvalue weighted by atomic mass is 35.5. The summed E-state index contributed by atoms with van der Waals surface area (Å²) in [4.78, 5) is 11.9. The van der Waals surface area contributed by atoms with Crippen molar-refractivity contribution in [1.29, 1.82) is 0 Å². The van der Waals surface area contributed by atoms with Crippen LogP contribution in [-0.4, -0.2) is 28.6 Å². The second-order valence-electron chi connectivity index (χ2n) is 4.31. The summed E-state index contributed by atoms with van der Waals surface area (Å²) >= 11 is 7.57. The van der Waals surface area contributed by atoms with Crippen LogP contribution in [0.2, 0.25) is 5.02 Å². The smallest absolute Gasteiger partial charge is 0.252 e. The van der Waals surface area contributed by atoms with E-state index in [1.54, 1.807) is 11.8 Å². The lowest BCUT2D eigenvalue weighted by molar-refractivity contribution is 0.0950. The Bertz CT molecular complexity index is 421. The number of phenols is 1. The molecule has 0 radical (unpaired) electrons. The Morgan fingerprint density at radius 3 is 2.76 bits per heavy atom. The van der Waals surface area contributed by atoms with Gasteiger partial charge in [-0.3, -0.25) is 4.79 Å². The number of carbonyl (C=O) groups is 1. The van der Waals surface area contributed by atoms with Gasteiger partial charge in [-0.25, -0.2) is 0 Å². The number of nitrogens with one attached hydrogen (secondary N) is 1. The monoisotopic (exact) mass is 273 g/mol. The number of carbonyl (C=O) groups excluding carboxylic acids is 1. The second-order valence-corrected chi connectivity index (χ2v) is 6.23. The first-order valence-corrected chi connectivity index (χ1v) is 6.78. The molecule has 0 aromatic heterocycles. The zero-order valence-corrected chi connectivity index (χ0v) is 11.7. The number of hydrogen-bond donors (Lipinski definition) is 2. The third-order valence-electron chi connectivity index (χ3n) is 2.42. The molecule has 0 aliphatic heterocycles. The summed E-state index contributed by atoms with van der Waals surface area (Å²) in [5, 5.41) is 12.5. The van der Waals surface area contributed by atoms with E-state index in [9.17, 15) is 9.90 Å². The first kappa shape index (κ1) is 14.2. The molecule has 0 saturated carbocycles. The Kier molecular flexibility index (Phi) is 4.71. The molecular weight excluding hydrogens is 258 g/mol. The van der Waals surface area contributed by atoms with Gasteiger partial charge in [0.15, 0.2) is 0 Å². The molecule has 0 unspecified atom stereocenters. The van der Waals surface area contributed by atoms with Crippen LogP contribution in [0, 0.1) is 0 Å². The fourth-order valence-electron chi connectivity index (χ4n) is 1.15. The van der Waals surface area contributed by atoms with Crippen LogP contribution in [0.15, 0.2) is 18.2 Å². The van der Waals surface area contributed by atoms with Gasteiger partial charge in [0.25, 0.3) is 5.91 Å². The van der Waals surface area contributed by atoms with Gasteiger partial charge in [0.2, 0.25) is 0 Å². The van der Waals surface area contributed by atoms with E-state index in [0.717, 1.165) is 0 Å². The van der Waals surface area contributed by atoms with Crippen molar-refractivity contribution in [3.8, 4) is 5.75 Å². The summed E-state index contributed by atoms with van der Waals surface area (Å²) < 4.78 is -0.0288. The zero-order valence-electron chi connectivity index (χ0n) is 10.1. The van der Waals surface area contributed by atoms with Gasteiger partial charge in [-0.15, -0.1) is 0 Å². The molecule has 3 nitrogen and oxygen atoms in total. The topological polar surface area (TPSA) is 49.3 Å². The van der Waals surface area contributed by atoms with Crippen LogP contribution in [-0.2, 0) is 0 Å². The van der Waals surface area contributed by atoms with Gasteiger partial charge >= 0.3 is 0 Å². The molecule has 0 aliphatic carbocycles. The Balaban J connectivity index is 2.74. The minimum Gasteiger partial charge on any atom is -0.508 e. The predicted molar refractivity (Wildman–Crippen MR) is 73.0 cm³/mol. The first-order valence-electron chi connectivity index (χ1n) is 5.17. The summed E-state index contributed by atoms with van der Waals surface area (Å²) in [5.41, 5.74) is 0.295. The van der Waals surface area contributed by atoms with Crippen molar-refractivity contribution in [1.82, 2.24) is 5.32 Å². The Morgan fingerprint density at radius 2 is 2.18 bits per heavy atom. The molecule has 1 amide bonds. The lowest BCUT2D eigenvalue weighted by Gasteiger charge is -2.22. The van der Waals surface area contributed by atoms with Crippen molar-refractivity contribution in [2.45, 2.75) is 18.6 Å². The van der Waals surface area contributed by atoms with E-state index < -0.39 is 0 Å². The molecule has 0 spiro atoms. The second kappa shape index (κ2) is 5.65. The average Bonchev–Trinajstić information content (AvgIpc) is 2.29. The number of amides is 1. The summed E-state index contributed by atoms with van der Waals surface area (Å²) in [5.74, 6) is -0.239. The van der Waals surface area contributed by atoms with E-state index in [0.29, 0.717) is 17.1 Å². The summed E-state index contributed by atoms with van der Waals surface area (Å²) in [6, 6.07) is 4.32. The third kappa shape index (κ3) is 4.13. The maximum atomic E-state index is 11.9. The van der Waals surface area contributed by atoms with E-state index in [1.165, 1.54) is 18.2 Å². The minimum atomic E-state index is -0.270. The first-order chi connectivity index (χ1) is 7.85. The number of halogens is 1. The summed E-state index contributed by atoms with van der Waals surface area (Å²) in [7, 11) is 0. The SMILES string of the molecule is CSC(C)(C)CNC(=O)c1cc(O)ccc1Cl. The maximum absolute atomic E-state index is 11.9. The van der Waals surface area contributed by atoms with E-state index >= 15 is 0 Å². The highest BCUT2D eigenvalue weighted by Crippen LogP contribution is 2.22. The van der Waals surface area contributed by atoms with E-state index in [4.69, 9.17) is 11.6 Å².